The van der Waals surface area contributed by atoms with Crippen LogP contribution in [0.15, 0.2) is 12.3 Å². The number of alkyl halides is 3. The molecule has 0 fully saturated rings. The fourth-order valence-corrected chi connectivity index (χ4v) is 1.20. The summed E-state index contributed by atoms with van der Waals surface area (Å²) in [6.45, 7) is 0. The molecule has 1 aromatic rings. The Hall–Kier alpha value is -0.785. The van der Waals surface area contributed by atoms with Crippen molar-refractivity contribution in [1.82, 2.24) is 4.98 Å². The molecule has 0 aliphatic heterocycles. The van der Waals surface area contributed by atoms with Crippen molar-refractivity contribution in [2.24, 2.45) is 0 Å². The predicted octanol–water partition coefficient (Wildman–Crippen LogP) is 0.434. The SMILES string of the molecule is OB(O)c1c(C(F)(F)F)ccnc1Cl. The van der Waals surface area contributed by atoms with E-state index in [1.54, 1.807) is 0 Å². The maximum Gasteiger partial charge on any atom is 0.492 e. The largest absolute Gasteiger partial charge is 0.492 e. The quantitative estimate of drug-likeness (QED) is 0.538. The molecule has 0 aliphatic rings. The summed E-state index contributed by atoms with van der Waals surface area (Å²) in [7, 11) is -2.30. The van der Waals surface area contributed by atoms with Gasteiger partial charge in [0.2, 0.25) is 0 Å². The van der Waals surface area contributed by atoms with Crippen molar-refractivity contribution in [3.63, 3.8) is 0 Å². The van der Waals surface area contributed by atoms with Crippen LogP contribution in [0.5, 0.6) is 0 Å². The molecule has 14 heavy (non-hydrogen) atoms. The van der Waals surface area contributed by atoms with Gasteiger partial charge in [-0.25, -0.2) is 4.98 Å². The van der Waals surface area contributed by atoms with Crippen LogP contribution in [-0.2, 0) is 6.18 Å². The standard InChI is InChI=1S/C6H4BClF3NO2/c8-5-4(7(13)14)3(1-2-12-5)6(9,10)11/h1-2,13-14H. The van der Waals surface area contributed by atoms with Gasteiger partial charge in [0.05, 0.1) is 5.56 Å². The molecule has 1 heterocycles. The first-order chi connectivity index (χ1) is 6.34. The van der Waals surface area contributed by atoms with E-state index in [1.165, 1.54) is 0 Å². The number of aromatic nitrogens is 1. The Morgan fingerprint density at radius 2 is 1.93 bits per heavy atom. The maximum absolute atomic E-state index is 12.3. The minimum absolute atomic E-state index is 0.574. The first kappa shape index (κ1) is 11.3. The van der Waals surface area contributed by atoms with E-state index in [1.807, 2.05) is 0 Å². The Balaban J connectivity index is 3.36. The zero-order valence-corrected chi connectivity index (χ0v) is 7.34. The lowest BCUT2D eigenvalue weighted by Gasteiger charge is -2.12. The number of hydrogen-bond donors (Lipinski definition) is 2. The van der Waals surface area contributed by atoms with E-state index in [0.717, 1.165) is 6.20 Å². The summed E-state index contributed by atoms with van der Waals surface area (Å²) in [6.07, 6.45) is -3.84. The number of nitrogens with zero attached hydrogens (tertiary/aromatic N) is 1. The first-order valence-electron chi connectivity index (χ1n) is 3.41. The third kappa shape index (κ3) is 2.17. The zero-order chi connectivity index (χ0) is 10.9. The molecule has 2 N–H and O–H groups in total. The van der Waals surface area contributed by atoms with Crippen LogP contribution in [0.4, 0.5) is 13.2 Å². The van der Waals surface area contributed by atoms with Crippen molar-refractivity contribution >= 4 is 24.2 Å². The molecule has 0 aliphatic carbocycles. The van der Waals surface area contributed by atoms with Crippen LogP contribution in [0.3, 0.4) is 0 Å². The van der Waals surface area contributed by atoms with Gasteiger partial charge >= 0.3 is 13.3 Å². The van der Waals surface area contributed by atoms with Gasteiger partial charge in [-0.3, -0.25) is 0 Å². The van der Waals surface area contributed by atoms with E-state index >= 15 is 0 Å². The highest BCUT2D eigenvalue weighted by atomic mass is 35.5. The van der Waals surface area contributed by atoms with E-state index in [9.17, 15) is 13.2 Å². The second-order valence-electron chi connectivity index (χ2n) is 2.43. The molecule has 0 bridgehead atoms. The molecule has 0 saturated carbocycles. The monoisotopic (exact) mass is 225 g/mol. The Bertz CT molecular complexity index is 344. The summed E-state index contributed by atoms with van der Waals surface area (Å²) < 4.78 is 36.8. The third-order valence-corrected chi connectivity index (χ3v) is 1.81. The molecule has 8 heteroatoms. The molecule has 0 radical (unpaired) electrons. The summed E-state index contributed by atoms with van der Waals surface area (Å²) in [6, 6.07) is 0.626. The summed E-state index contributed by atoms with van der Waals surface area (Å²) >= 11 is 5.30. The second-order valence-corrected chi connectivity index (χ2v) is 2.79. The molecule has 0 amide bonds. The van der Waals surface area contributed by atoms with Gasteiger partial charge in [0.25, 0.3) is 0 Å². The summed E-state index contributed by atoms with van der Waals surface area (Å²) in [4.78, 5) is 3.32. The van der Waals surface area contributed by atoms with Gasteiger partial charge in [-0.2, -0.15) is 13.2 Å². The highest BCUT2D eigenvalue weighted by molar-refractivity contribution is 6.63. The van der Waals surface area contributed by atoms with Crippen LogP contribution >= 0.6 is 11.6 Å². The van der Waals surface area contributed by atoms with Crippen LogP contribution in [0.1, 0.15) is 5.56 Å². The second kappa shape index (κ2) is 3.76. The zero-order valence-electron chi connectivity index (χ0n) is 6.59. The van der Waals surface area contributed by atoms with E-state index in [4.69, 9.17) is 21.6 Å². The van der Waals surface area contributed by atoms with Crippen LogP contribution in [-0.4, -0.2) is 22.2 Å². The Morgan fingerprint density at radius 3 is 2.29 bits per heavy atom. The van der Waals surface area contributed by atoms with E-state index in [-0.39, 0.29) is 0 Å². The van der Waals surface area contributed by atoms with E-state index in [0.29, 0.717) is 6.07 Å². The smallest absolute Gasteiger partial charge is 0.423 e. The van der Waals surface area contributed by atoms with Gasteiger partial charge in [0.1, 0.15) is 5.15 Å². The summed E-state index contributed by atoms with van der Waals surface area (Å²) in [5.74, 6) is 0. The first-order valence-corrected chi connectivity index (χ1v) is 3.79. The molecule has 0 saturated heterocycles. The molecule has 76 valence electrons. The summed E-state index contributed by atoms with van der Waals surface area (Å²) in [5.41, 5.74) is -2.03. The van der Waals surface area contributed by atoms with Gasteiger partial charge in [0, 0.05) is 11.7 Å². The van der Waals surface area contributed by atoms with Gasteiger partial charge in [-0.05, 0) is 6.07 Å². The Kier molecular flexibility index (Phi) is 3.03. The van der Waals surface area contributed by atoms with Gasteiger partial charge < -0.3 is 10.0 Å². The normalized spacial score (nSPS) is 11.6. The van der Waals surface area contributed by atoms with Crippen molar-refractivity contribution in [2.45, 2.75) is 6.18 Å². The van der Waals surface area contributed by atoms with Crippen LogP contribution in [0.25, 0.3) is 0 Å². The topological polar surface area (TPSA) is 53.4 Å². The molecule has 0 aromatic carbocycles. The van der Waals surface area contributed by atoms with Crippen molar-refractivity contribution in [3.8, 4) is 0 Å². The average Bonchev–Trinajstić information content (AvgIpc) is 2.01. The van der Waals surface area contributed by atoms with E-state index in [2.05, 4.69) is 4.98 Å². The molecule has 3 nitrogen and oxygen atoms in total. The minimum atomic E-state index is -4.69. The number of hydrogen-bond acceptors (Lipinski definition) is 3. The Labute approximate surface area is 82.3 Å². The number of rotatable bonds is 1. The lowest BCUT2D eigenvalue weighted by molar-refractivity contribution is -0.136. The van der Waals surface area contributed by atoms with Crippen LogP contribution in [0, 0.1) is 0 Å². The minimum Gasteiger partial charge on any atom is -0.423 e. The molecular weight excluding hydrogens is 221 g/mol. The third-order valence-electron chi connectivity index (χ3n) is 1.51. The van der Waals surface area contributed by atoms with Crippen molar-refractivity contribution in [2.75, 3.05) is 0 Å². The molecule has 0 atom stereocenters. The fourth-order valence-electron chi connectivity index (χ4n) is 0.940. The van der Waals surface area contributed by atoms with E-state index < -0.39 is 29.5 Å². The average molecular weight is 225 g/mol. The van der Waals surface area contributed by atoms with Gasteiger partial charge in [0.15, 0.2) is 0 Å². The number of pyridine rings is 1. The van der Waals surface area contributed by atoms with Gasteiger partial charge in [-0.1, -0.05) is 11.6 Å². The Morgan fingerprint density at radius 1 is 1.36 bits per heavy atom. The fraction of sp³-hybridized carbons (Fsp3) is 0.167. The van der Waals surface area contributed by atoms with Crippen molar-refractivity contribution in [3.05, 3.63) is 23.0 Å². The van der Waals surface area contributed by atoms with Crippen molar-refractivity contribution in [1.29, 1.82) is 0 Å². The van der Waals surface area contributed by atoms with Crippen LogP contribution in [0.2, 0.25) is 5.15 Å². The molecular formula is C6H4BClF3NO2. The number of halogens is 4. The lowest BCUT2D eigenvalue weighted by atomic mass is 9.78. The van der Waals surface area contributed by atoms with Crippen molar-refractivity contribution < 1.29 is 23.2 Å². The molecule has 0 unspecified atom stereocenters. The summed E-state index contributed by atoms with van der Waals surface area (Å²) in [5, 5.41) is 16.8. The predicted molar refractivity (Wildman–Crippen MR) is 44.1 cm³/mol. The molecule has 0 spiro atoms. The molecule has 1 rings (SSSR count). The highest BCUT2D eigenvalue weighted by Gasteiger charge is 2.37. The maximum atomic E-state index is 12.3. The molecule has 1 aromatic heterocycles. The van der Waals surface area contributed by atoms with Gasteiger partial charge in [-0.15, -0.1) is 0 Å². The highest BCUT2D eigenvalue weighted by Crippen LogP contribution is 2.28. The van der Waals surface area contributed by atoms with Crippen LogP contribution < -0.4 is 5.46 Å². The lowest BCUT2D eigenvalue weighted by Crippen LogP contribution is -2.37.